The molecule has 0 spiro atoms. The van der Waals surface area contributed by atoms with Gasteiger partial charge in [0.15, 0.2) is 11.6 Å². The fraction of sp³-hybridized carbons (Fsp3) is 0.462. The fourth-order valence-corrected chi connectivity index (χ4v) is 2.30. The van der Waals surface area contributed by atoms with Gasteiger partial charge < -0.3 is 10.2 Å². The molecule has 6 nitrogen and oxygen atoms in total. The summed E-state index contributed by atoms with van der Waals surface area (Å²) in [4.78, 5) is 8.36. The number of hydrogen-bond donors (Lipinski definition) is 2. The Bertz CT molecular complexity index is 532. The van der Waals surface area contributed by atoms with Crippen LogP contribution in [0.25, 0.3) is 11.4 Å². The number of aromatic nitrogens is 4. The van der Waals surface area contributed by atoms with Crippen molar-refractivity contribution in [3.8, 4) is 11.4 Å². The third kappa shape index (κ3) is 3.56. The molecule has 7 heteroatoms. The third-order valence-electron chi connectivity index (χ3n) is 2.84. The van der Waals surface area contributed by atoms with Gasteiger partial charge >= 0.3 is 0 Å². The highest BCUT2D eigenvalue weighted by Gasteiger charge is 2.18. The maximum atomic E-state index is 10.2. The van der Waals surface area contributed by atoms with E-state index >= 15 is 0 Å². The molecule has 0 fully saturated rings. The monoisotopic (exact) mass is 294 g/mol. The molecular weight excluding hydrogens is 276 g/mol. The fourth-order valence-electron chi connectivity index (χ4n) is 1.84. The Kier molecular flexibility index (Phi) is 5.51. The van der Waals surface area contributed by atoms with Crippen LogP contribution in [0.1, 0.15) is 18.3 Å². The molecule has 2 rings (SSSR count). The van der Waals surface area contributed by atoms with Crippen molar-refractivity contribution < 1.29 is 10.2 Å². The van der Waals surface area contributed by atoms with Crippen molar-refractivity contribution in [3.63, 3.8) is 0 Å². The van der Waals surface area contributed by atoms with E-state index in [1.54, 1.807) is 28.8 Å². The van der Waals surface area contributed by atoms with Gasteiger partial charge in [0.2, 0.25) is 0 Å². The molecule has 20 heavy (non-hydrogen) atoms. The van der Waals surface area contributed by atoms with Crippen molar-refractivity contribution in [3.05, 3.63) is 30.4 Å². The highest BCUT2D eigenvalue weighted by Crippen LogP contribution is 2.21. The van der Waals surface area contributed by atoms with Gasteiger partial charge in [0, 0.05) is 18.0 Å². The van der Waals surface area contributed by atoms with Crippen molar-refractivity contribution in [2.75, 3.05) is 18.6 Å². The van der Waals surface area contributed by atoms with Gasteiger partial charge in [-0.05, 0) is 30.6 Å². The smallest absolute Gasteiger partial charge is 0.181 e. The van der Waals surface area contributed by atoms with Crippen LogP contribution in [0, 0.1) is 0 Å². The van der Waals surface area contributed by atoms with Crippen molar-refractivity contribution in [1.82, 2.24) is 19.7 Å². The van der Waals surface area contributed by atoms with E-state index in [0.717, 1.165) is 11.3 Å². The lowest BCUT2D eigenvalue weighted by molar-refractivity contribution is 0.155. The van der Waals surface area contributed by atoms with Gasteiger partial charge in [-0.1, -0.05) is 0 Å². The summed E-state index contributed by atoms with van der Waals surface area (Å²) in [5.41, 5.74) is 0.843. The molecule has 0 amide bonds. The van der Waals surface area contributed by atoms with E-state index in [9.17, 15) is 5.11 Å². The van der Waals surface area contributed by atoms with Crippen LogP contribution < -0.4 is 0 Å². The molecule has 0 aliphatic carbocycles. The van der Waals surface area contributed by atoms with Crippen molar-refractivity contribution >= 4 is 11.8 Å². The van der Waals surface area contributed by atoms with Crippen molar-refractivity contribution in [2.24, 2.45) is 0 Å². The van der Waals surface area contributed by atoms with Crippen LogP contribution in [0.4, 0.5) is 0 Å². The number of aliphatic hydroxyl groups excluding tert-OH is 2. The van der Waals surface area contributed by atoms with Crippen LogP contribution >= 0.6 is 11.8 Å². The van der Waals surface area contributed by atoms with E-state index in [1.165, 1.54) is 0 Å². The zero-order valence-electron chi connectivity index (χ0n) is 11.3. The topological polar surface area (TPSA) is 84.1 Å². The van der Waals surface area contributed by atoms with E-state index in [2.05, 4.69) is 15.1 Å². The number of aliphatic hydroxyl groups is 2. The molecule has 1 atom stereocenters. The average Bonchev–Trinajstić information content (AvgIpc) is 2.90. The van der Waals surface area contributed by atoms with Crippen LogP contribution in [0.2, 0.25) is 0 Å². The molecule has 0 bridgehead atoms. The summed E-state index contributed by atoms with van der Waals surface area (Å²) < 4.78 is 1.57. The summed E-state index contributed by atoms with van der Waals surface area (Å²) in [5, 5.41) is 23.6. The van der Waals surface area contributed by atoms with E-state index in [1.807, 2.05) is 18.4 Å². The van der Waals surface area contributed by atoms with E-state index in [4.69, 9.17) is 5.11 Å². The Morgan fingerprint density at radius 1 is 1.35 bits per heavy atom. The SMILES string of the molecule is CSCC[C@@H](O)c1nc(-c2ccncc2)nn1CCO. The largest absolute Gasteiger partial charge is 0.394 e. The Labute approximate surface area is 121 Å². The lowest BCUT2D eigenvalue weighted by Crippen LogP contribution is -2.13. The average molecular weight is 294 g/mol. The van der Waals surface area contributed by atoms with Crippen LogP contribution in [0.3, 0.4) is 0 Å². The van der Waals surface area contributed by atoms with Crippen LogP contribution in [0.15, 0.2) is 24.5 Å². The molecule has 2 N–H and O–H groups in total. The van der Waals surface area contributed by atoms with Crippen molar-refractivity contribution in [2.45, 2.75) is 19.1 Å². The first-order valence-electron chi connectivity index (χ1n) is 6.39. The van der Waals surface area contributed by atoms with Crippen molar-refractivity contribution in [1.29, 1.82) is 0 Å². The molecule has 0 aliphatic heterocycles. The molecule has 2 heterocycles. The molecule has 0 saturated heterocycles. The van der Waals surface area contributed by atoms with E-state index in [0.29, 0.717) is 24.6 Å². The minimum absolute atomic E-state index is 0.0403. The van der Waals surface area contributed by atoms with Gasteiger partial charge in [-0.15, -0.1) is 0 Å². The summed E-state index contributed by atoms with van der Waals surface area (Å²) in [6, 6.07) is 3.63. The van der Waals surface area contributed by atoms with Crippen LogP contribution in [0.5, 0.6) is 0 Å². The first-order valence-corrected chi connectivity index (χ1v) is 7.78. The third-order valence-corrected chi connectivity index (χ3v) is 3.49. The zero-order chi connectivity index (χ0) is 14.4. The van der Waals surface area contributed by atoms with Crippen LogP contribution in [-0.2, 0) is 6.54 Å². The minimum atomic E-state index is -0.669. The highest BCUT2D eigenvalue weighted by molar-refractivity contribution is 7.98. The standard InChI is InChI=1S/C13H18N4O2S/c1-20-9-4-11(19)13-15-12(16-17(13)7-8-18)10-2-5-14-6-3-10/h2-3,5-6,11,18-19H,4,7-9H2,1H3/t11-/m1/s1. The summed E-state index contributed by atoms with van der Waals surface area (Å²) in [5.74, 6) is 1.89. The van der Waals surface area contributed by atoms with Gasteiger partial charge in [-0.25, -0.2) is 9.67 Å². The summed E-state index contributed by atoms with van der Waals surface area (Å²) in [6.07, 6.45) is 5.28. The van der Waals surface area contributed by atoms with E-state index < -0.39 is 6.10 Å². The van der Waals surface area contributed by atoms with Gasteiger partial charge in [0.05, 0.1) is 13.2 Å². The Morgan fingerprint density at radius 2 is 2.10 bits per heavy atom. The Morgan fingerprint density at radius 3 is 2.75 bits per heavy atom. The number of rotatable bonds is 7. The second-order valence-corrected chi connectivity index (χ2v) is 5.26. The minimum Gasteiger partial charge on any atom is -0.394 e. The number of pyridine rings is 1. The number of nitrogens with zero attached hydrogens (tertiary/aromatic N) is 4. The maximum absolute atomic E-state index is 10.2. The van der Waals surface area contributed by atoms with Gasteiger partial charge in [-0.2, -0.15) is 16.9 Å². The summed E-state index contributed by atoms with van der Waals surface area (Å²) in [6.45, 7) is 0.283. The second-order valence-electron chi connectivity index (χ2n) is 4.27. The van der Waals surface area contributed by atoms with Crippen LogP contribution in [-0.4, -0.2) is 48.6 Å². The first-order chi connectivity index (χ1) is 9.76. The molecule has 0 unspecified atom stereocenters. The molecule has 108 valence electrons. The first kappa shape index (κ1) is 15.0. The van der Waals surface area contributed by atoms with Gasteiger partial charge in [-0.3, -0.25) is 4.98 Å². The molecule has 0 aliphatic rings. The maximum Gasteiger partial charge on any atom is 0.181 e. The summed E-state index contributed by atoms with van der Waals surface area (Å²) >= 11 is 1.67. The lowest BCUT2D eigenvalue weighted by Gasteiger charge is -2.09. The summed E-state index contributed by atoms with van der Waals surface area (Å²) in [7, 11) is 0. The Hall–Kier alpha value is -1.44. The predicted octanol–water partition coefficient (Wildman–Crippen LogP) is 1.12. The highest BCUT2D eigenvalue weighted by atomic mass is 32.2. The van der Waals surface area contributed by atoms with Gasteiger partial charge in [0.25, 0.3) is 0 Å². The molecule has 2 aromatic rings. The molecule has 2 aromatic heterocycles. The zero-order valence-corrected chi connectivity index (χ0v) is 12.1. The number of thioether (sulfide) groups is 1. The molecule has 0 aromatic carbocycles. The Balaban J connectivity index is 2.28. The van der Waals surface area contributed by atoms with Gasteiger partial charge in [0.1, 0.15) is 6.10 Å². The number of hydrogen-bond acceptors (Lipinski definition) is 6. The molecular formula is C13H18N4O2S. The van der Waals surface area contributed by atoms with E-state index in [-0.39, 0.29) is 6.61 Å². The lowest BCUT2D eigenvalue weighted by atomic mass is 10.2. The second kappa shape index (κ2) is 7.37. The predicted molar refractivity (Wildman–Crippen MR) is 78.3 cm³/mol. The normalized spacial score (nSPS) is 12.6. The quantitative estimate of drug-likeness (QED) is 0.796. The molecule has 0 radical (unpaired) electrons. The molecule has 0 saturated carbocycles.